The number of carbonyl (C=O) groups is 1. The van der Waals surface area contributed by atoms with E-state index in [9.17, 15) is 9.18 Å². The highest BCUT2D eigenvalue weighted by Gasteiger charge is 2.24. The van der Waals surface area contributed by atoms with Crippen LogP contribution in [0.5, 0.6) is 0 Å². The van der Waals surface area contributed by atoms with Gasteiger partial charge in [0.05, 0.1) is 0 Å². The van der Waals surface area contributed by atoms with Crippen LogP contribution in [-0.2, 0) is 0 Å². The lowest BCUT2D eigenvalue weighted by Crippen LogP contribution is -2.20. The Hall–Kier alpha value is -1.64. The summed E-state index contributed by atoms with van der Waals surface area (Å²) in [5, 5.41) is 0.631. The van der Waals surface area contributed by atoms with E-state index in [0.717, 1.165) is 0 Å². The largest absolute Gasteiger partial charge is 0.450 e. The van der Waals surface area contributed by atoms with Gasteiger partial charge in [-0.1, -0.05) is 39.8 Å². The van der Waals surface area contributed by atoms with Gasteiger partial charge < -0.3 is 4.42 Å². The molecule has 1 atom stereocenters. The van der Waals surface area contributed by atoms with Crippen molar-refractivity contribution in [3.05, 3.63) is 35.8 Å². The van der Waals surface area contributed by atoms with Gasteiger partial charge in [0, 0.05) is 11.8 Å². The number of furan rings is 1. The van der Waals surface area contributed by atoms with Gasteiger partial charge in [-0.05, 0) is 23.5 Å². The number of hydrogen-bond acceptors (Lipinski definition) is 2. The maximum atomic E-state index is 13.5. The molecule has 1 heterocycles. The molecule has 1 unspecified atom stereocenters. The van der Waals surface area contributed by atoms with Gasteiger partial charge in [-0.2, -0.15) is 0 Å². The average molecular weight is 262 g/mol. The summed E-state index contributed by atoms with van der Waals surface area (Å²) in [7, 11) is 0. The third-order valence-corrected chi connectivity index (χ3v) is 3.74. The van der Waals surface area contributed by atoms with Crippen molar-refractivity contribution in [1.82, 2.24) is 0 Å². The van der Waals surface area contributed by atoms with Gasteiger partial charge in [0.2, 0.25) is 0 Å². The first-order valence-corrected chi connectivity index (χ1v) is 6.50. The molecular formula is C16H19FO2. The van der Waals surface area contributed by atoms with E-state index in [-0.39, 0.29) is 28.5 Å². The van der Waals surface area contributed by atoms with Crippen LogP contribution in [0.15, 0.2) is 28.7 Å². The van der Waals surface area contributed by atoms with E-state index < -0.39 is 5.82 Å². The molecule has 0 aliphatic carbocycles. The second-order valence-corrected chi connectivity index (χ2v) is 6.16. The van der Waals surface area contributed by atoms with E-state index in [0.29, 0.717) is 11.8 Å². The molecule has 3 heteroatoms. The Morgan fingerprint density at radius 2 is 2.05 bits per heavy atom. The number of benzene rings is 1. The van der Waals surface area contributed by atoms with Gasteiger partial charge in [0.1, 0.15) is 0 Å². The van der Waals surface area contributed by atoms with E-state index >= 15 is 0 Å². The first kappa shape index (κ1) is 13.8. The molecule has 2 nitrogen and oxygen atoms in total. The van der Waals surface area contributed by atoms with Crippen molar-refractivity contribution >= 4 is 16.8 Å². The van der Waals surface area contributed by atoms with Gasteiger partial charge in [-0.25, -0.2) is 4.39 Å². The van der Waals surface area contributed by atoms with Crippen LogP contribution in [0.2, 0.25) is 0 Å². The molecule has 2 aromatic rings. The lowest BCUT2D eigenvalue weighted by Gasteiger charge is -2.26. The highest BCUT2D eigenvalue weighted by Crippen LogP contribution is 2.30. The fourth-order valence-electron chi connectivity index (χ4n) is 1.85. The first-order chi connectivity index (χ1) is 8.79. The number of Topliss-reactive ketones (excluding diaryl/α,β-unsaturated/α-hetero) is 1. The molecule has 0 bridgehead atoms. The van der Waals surface area contributed by atoms with Crippen molar-refractivity contribution in [2.45, 2.75) is 34.1 Å². The molecule has 0 radical (unpaired) electrons. The monoisotopic (exact) mass is 262 g/mol. The normalized spacial score (nSPS) is 13.7. The highest BCUT2D eigenvalue weighted by molar-refractivity contribution is 5.97. The van der Waals surface area contributed by atoms with Crippen molar-refractivity contribution in [2.24, 2.45) is 11.3 Å². The van der Waals surface area contributed by atoms with Crippen LogP contribution in [0, 0.1) is 17.2 Å². The molecule has 0 fully saturated rings. The standard InChI is InChI=1S/C16H19FO2/c1-10(16(2,3)4)8-13(18)14-9-11-6-5-7-12(17)15(11)19-14/h5-7,9-10H,8H2,1-4H3. The van der Waals surface area contributed by atoms with Crippen LogP contribution in [-0.4, -0.2) is 5.78 Å². The Bertz CT molecular complexity index is 605. The topological polar surface area (TPSA) is 30.2 Å². The maximum Gasteiger partial charge on any atom is 0.198 e. The van der Waals surface area contributed by atoms with E-state index in [1.54, 1.807) is 18.2 Å². The second-order valence-electron chi connectivity index (χ2n) is 6.16. The zero-order chi connectivity index (χ0) is 14.2. The van der Waals surface area contributed by atoms with E-state index in [1.807, 2.05) is 6.92 Å². The summed E-state index contributed by atoms with van der Waals surface area (Å²) < 4.78 is 18.9. The molecule has 1 aromatic carbocycles. The summed E-state index contributed by atoms with van der Waals surface area (Å²) in [6.07, 6.45) is 0.408. The van der Waals surface area contributed by atoms with Gasteiger partial charge in [-0.15, -0.1) is 0 Å². The van der Waals surface area contributed by atoms with Gasteiger partial charge >= 0.3 is 0 Å². The van der Waals surface area contributed by atoms with Gasteiger partial charge in [0.25, 0.3) is 0 Å². The second kappa shape index (κ2) is 4.80. The summed E-state index contributed by atoms with van der Waals surface area (Å²) in [6, 6.07) is 6.30. The average Bonchev–Trinajstić information content (AvgIpc) is 2.73. The fourth-order valence-corrected chi connectivity index (χ4v) is 1.85. The molecule has 0 saturated carbocycles. The molecular weight excluding hydrogens is 243 g/mol. The van der Waals surface area contributed by atoms with E-state index in [4.69, 9.17) is 4.42 Å². The minimum absolute atomic E-state index is 0.0624. The molecule has 0 aliphatic rings. The molecule has 2 rings (SSSR count). The Morgan fingerprint density at radius 1 is 1.37 bits per heavy atom. The van der Waals surface area contributed by atoms with Crippen molar-refractivity contribution in [3.63, 3.8) is 0 Å². The number of ketones is 1. The van der Waals surface area contributed by atoms with Crippen LogP contribution >= 0.6 is 0 Å². The van der Waals surface area contributed by atoms with Crippen molar-refractivity contribution < 1.29 is 13.6 Å². The smallest absolute Gasteiger partial charge is 0.198 e. The molecule has 0 amide bonds. The fraction of sp³-hybridized carbons (Fsp3) is 0.438. The maximum absolute atomic E-state index is 13.5. The lowest BCUT2D eigenvalue weighted by atomic mass is 9.79. The SMILES string of the molecule is CC(CC(=O)c1cc2cccc(F)c2o1)C(C)(C)C. The number of carbonyl (C=O) groups excluding carboxylic acids is 1. The zero-order valence-electron chi connectivity index (χ0n) is 11.8. The molecule has 19 heavy (non-hydrogen) atoms. The van der Waals surface area contributed by atoms with Crippen LogP contribution in [0.1, 0.15) is 44.7 Å². The van der Waals surface area contributed by atoms with Crippen LogP contribution < -0.4 is 0 Å². The van der Waals surface area contributed by atoms with E-state index in [2.05, 4.69) is 20.8 Å². The molecule has 0 N–H and O–H groups in total. The Labute approximate surface area is 112 Å². The summed E-state index contributed by atoms with van der Waals surface area (Å²) in [5.41, 5.74) is 0.224. The Balaban J connectivity index is 2.25. The van der Waals surface area contributed by atoms with Gasteiger partial charge in [0.15, 0.2) is 22.9 Å². The summed E-state index contributed by atoms with van der Waals surface area (Å²) in [5.74, 6) is -0.0206. The minimum Gasteiger partial charge on any atom is -0.450 e. The third kappa shape index (κ3) is 2.86. The van der Waals surface area contributed by atoms with Crippen LogP contribution in [0.4, 0.5) is 4.39 Å². The molecule has 0 spiro atoms. The molecule has 102 valence electrons. The molecule has 0 saturated heterocycles. The predicted octanol–water partition coefficient (Wildman–Crippen LogP) is 4.83. The number of rotatable bonds is 3. The third-order valence-electron chi connectivity index (χ3n) is 3.74. The van der Waals surface area contributed by atoms with Crippen molar-refractivity contribution in [3.8, 4) is 0 Å². The lowest BCUT2D eigenvalue weighted by molar-refractivity contribution is 0.0902. The zero-order valence-corrected chi connectivity index (χ0v) is 11.8. The predicted molar refractivity (Wildman–Crippen MR) is 73.7 cm³/mol. The Morgan fingerprint density at radius 3 is 2.63 bits per heavy atom. The summed E-state index contributed by atoms with van der Waals surface area (Å²) >= 11 is 0. The van der Waals surface area contributed by atoms with Crippen molar-refractivity contribution in [1.29, 1.82) is 0 Å². The minimum atomic E-state index is -0.430. The Kier molecular flexibility index (Phi) is 3.48. The van der Waals surface area contributed by atoms with Crippen LogP contribution in [0.3, 0.4) is 0 Å². The number of para-hydroxylation sites is 1. The molecule has 0 aliphatic heterocycles. The summed E-state index contributed by atoms with van der Waals surface area (Å²) in [6.45, 7) is 8.34. The van der Waals surface area contributed by atoms with Gasteiger partial charge in [-0.3, -0.25) is 4.79 Å². The van der Waals surface area contributed by atoms with Crippen LogP contribution in [0.25, 0.3) is 11.0 Å². The highest BCUT2D eigenvalue weighted by atomic mass is 19.1. The number of fused-ring (bicyclic) bond motifs is 1. The quantitative estimate of drug-likeness (QED) is 0.742. The van der Waals surface area contributed by atoms with E-state index in [1.165, 1.54) is 6.07 Å². The first-order valence-electron chi connectivity index (χ1n) is 6.50. The summed E-state index contributed by atoms with van der Waals surface area (Å²) in [4.78, 5) is 12.2. The molecule has 1 aromatic heterocycles. The number of hydrogen-bond donors (Lipinski definition) is 0. The number of halogens is 1. The van der Waals surface area contributed by atoms with Crippen molar-refractivity contribution in [2.75, 3.05) is 0 Å².